The highest BCUT2D eigenvalue weighted by atomic mass is 35.5. The number of aryl methyl sites for hydroxylation is 1. The maximum Gasteiger partial charge on any atom is 0.322 e. The molecule has 0 spiro atoms. The highest BCUT2D eigenvalue weighted by molar-refractivity contribution is 7.91. The van der Waals surface area contributed by atoms with Crippen LogP contribution >= 0.6 is 11.6 Å². The van der Waals surface area contributed by atoms with Crippen LogP contribution in [0.5, 0.6) is 0 Å². The summed E-state index contributed by atoms with van der Waals surface area (Å²) in [6.07, 6.45) is 0. The topological polar surface area (TPSA) is 118 Å². The van der Waals surface area contributed by atoms with Gasteiger partial charge < -0.3 is 5.11 Å². The van der Waals surface area contributed by atoms with Gasteiger partial charge in [-0.15, -0.1) is 0 Å². The third-order valence-electron chi connectivity index (χ3n) is 4.10. The molecule has 1 atom stereocenters. The number of aliphatic carboxylic acids is 1. The fraction of sp³-hybridized carbons (Fsp3) is 0.278. The number of hydrogen-bond acceptors (Lipinski definition) is 5. The summed E-state index contributed by atoms with van der Waals surface area (Å²) >= 11 is 5.78. The smallest absolute Gasteiger partial charge is 0.322 e. The summed E-state index contributed by atoms with van der Waals surface area (Å²) < 4.78 is 53.3. The Morgan fingerprint density at radius 1 is 1.00 bits per heavy atom. The van der Waals surface area contributed by atoms with Gasteiger partial charge in [0.25, 0.3) is 0 Å². The predicted molar refractivity (Wildman–Crippen MR) is 105 cm³/mol. The molecule has 0 amide bonds. The molecule has 0 saturated heterocycles. The van der Waals surface area contributed by atoms with Crippen molar-refractivity contribution >= 4 is 37.4 Å². The number of hydrogen-bond donors (Lipinski definition) is 2. The van der Waals surface area contributed by atoms with Gasteiger partial charge in [0.15, 0.2) is 0 Å². The van der Waals surface area contributed by atoms with Gasteiger partial charge in [0.2, 0.25) is 19.9 Å². The number of benzene rings is 2. The summed E-state index contributed by atoms with van der Waals surface area (Å²) in [4.78, 5) is 10.8. The molecule has 0 aliphatic heterocycles. The number of rotatable bonds is 7. The molecule has 0 unspecified atom stereocenters. The van der Waals surface area contributed by atoms with Crippen LogP contribution in [0.2, 0.25) is 5.02 Å². The van der Waals surface area contributed by atoms with Crippen molar-refractivity contribution < 1.29 is 26.7 Å². The van der Waals surface area contributed by atoms with Gasteiger partial charge in [0, 0.05) is 5.02 Å². The second kappa shape index (κ2) is 8.20. The van der Waals surface area contributed by atoms with Gasteiger partial charge >= 0.3 is 5.97 Å². The first kappa shape index (κ1) is 22.4. The number of carboxylic acids is 1. The Hall–Kier alpha value is -1.94. The van der Waals surface area contributed by atoms with E-state index in [0.29, 0.717) is 5.02 Å². The molecule has 0 bridgehead atoms. The molecule has 0 radical (unpaired) electrons. The molecular weight excluding hydrogens is 426 g/mol. The lowest BCUT2D eigenvalue weighted by Gasteiger charge is -2.19. The minimum atomic E-state index is -4.27. The van der Waals surface area contributed by atoms with Crippen molar-refractivity contribution in [3.05, 3.63) is 53.1 Å². The first-order chi connectivity index (χ1) is 12.9. The molecule has 0 saturated carbocycles. The molecule has 152 valence electrons. The third kappa shape index (κ3) is 4.72. The van der Waals surface area contributed by atoms with Crippen molar-refractivity contribution in [1.29, 1.82) is 0 Å². The largest absolute Gasteiger partial charge is 0.480 e. The first-order valence-electron chi connectivity index (χ1n) is 8.22. The van der Waals surface area contributed by atoms with E-state index in [0.717, 1.165) is 6.07 Å². The molecule has 0 aliphatic carbocycles. The van der Waals surface area contributed by atoms with Gasteiger partial charge in [-0.3, -0.25) is 4.79 Å². The van der Waals surface area contributed by atoms with E-state index in [2.05, 4.69) is 4.72 Å². The Bertz CT molecular complexity index is 1090. The summed E-state index contributed by atoms with van der Waals surface area (Å²) in [6, 6.07) is 7.83. The van der Waals surface area contributed by atoms with E-state index in [1.54, 1.807) is 13.8 Å². The van der Waals surface area contributed by atoms with Crippen LogP contribution in [-0.2, 0) is 24.7 Å². The van der Waals surface area contributed by atoms with E-state index in [-0.39, 0.29) is 20.2 Å². The SMILES string of the molecule is Cc1ccc(S(=O)(=O)c2ccc(Cl)cc2)cc1S(=O)(=O)N[C@@H](C(=O)O)C(C)C. The Morgan fingerprint density at radius 2 is 1.54 bits per heavy atom. The van der Waals surface area contributed by atoms with Crippen LogP contribution in [0, 0.1) is 12.8 Å². The Kier molecular flexibility index (Phi) is 6.55. The average Bonchev–Trinajstić information content (AvgIpc) is 2.59. The lowest BCUT2D eigenvalue weighted by molar-refractivity contribution is -0.140. The van der Waals surface area contributed by atoms with Gasteiger partial charge in [0.1, 0.15) is 6.04 Å². The monoisotopic (exact) mass is 445 g/mol. The van der Waals surface area contributed by atoms with Crippen LogP contribution < -0.4 is 4.72 Å². The van der Waals surface area contributed by atoms with Gasteiger partial charge in [-0.1, -0.05) is 31.5 Å². The van der Waals surface area contributed by atoms with Crippen molar-refractivity contribution in [3.63, 3.8) is 0 Å². The number of nitrogens with one attached hydrogen (secondary N) is 1. The molecule has 0 aromatic heterocycles. The summed E-state index contributed by atoms with van der Waals surface area (Å²) in [5.41, 5.74) is 0.287. The molecule has 28 heavy (non-hydrogen) atoms. The summed E-state index contributed by atoms with van der Waals surface area (Å²) in [6.45, 7) is 4.63. The fourth-order valence-electron chi connectivity index (χ4n) is 2.49. The van der Waals surface area contributed by atoms with E-state index in [4.69, 9.17) is 11.6 Å². The minimum Gasteiger partial charge on any atom is -0.480 e. The molecule has 0 heterocycles. The fourth-order valence-corrected chi connectivity index (χ4v) is 5.58. The van der Waals surface area contributed by atoms with E-state index >= 15 is 0 Å². The molecule has 2 rings (SSSR count). The van der Waals surface area contributed by atoms with Crippen LogP contribution in [0.1, 0.15) is 19.4 Å². The van der Waals surface area contributed by atoms with E-state index < -0.39 is 37.8 Å². The zero-order valence-corrected chi connectivity index (χ0v) is 17.8. The van der Waals surface area contributed by atoms with Crippen LogP contribution in [0.15, 0.2) is 57.2 Å². The Labute approximate surface area is 169 Å². The molecule has 2 aromatic carbocycles. The predicted octanol–water partition coefficient (Wildman–Crippen LogP) is 2.87. The van der Waals surface area contributed by atoms with Gasteiger partial charge in [-0.05, 0) is 54.8 Å². The molecule has 7 nitrogen and oxygen atoms in total. The van der Waals surface area contributed by atoms with Gasteiger partial charge in [0.05, 0.1) is 14.7 Å². The number of carbonyl (C=O) groups is 1. The van der Waals surface area contributed by atoms with Crippen molar-refractivity contribution in [2.75, 3.05) is 0 Å². The van der Waals surface area contributed by atoms with Crippen molar-refractivity contribution in [1.82, 2.24) is 4.72 Å². The Balaban J connectivity index is 2.53. The molecule has 0 fully saturated rings. The Morgan fingerprint density at radius 3 is 2.04 bits per heavy atom. The lowest BCUT2D eigenvalue weighted by atomic mass is 10.1. The van der Waals surface area contributed by atoms with Crippen molar-refractivity contribution in [2.24, 2.45) is 5.92 Å². The summed E-state index contributed by atoms with van der Waals surface area (Å²) in [5.74, 6) is -1.82. The van der Waals surface area contributed by atoms with E-state index in [1.165, 1.54) is 43.3 Å². The van der Waals surface area contributed by atoms with Crippen molar-refractivity contribution in [2.45, 2.75) is 41.5 Å². The zero-order valence-electron chi connectivity index (χ0n) is 15.4. The summed E-state index contributed by atoms with van der Waals surface area (Å²) in [5, 5.41) is 9.61. The van der Waals surface area contributed by atoms with Crippen LogP contribution in [0.25, 0.3) is 0 Å². The highest BCUT2D eigenvalue weighted by Gasteiger charge is 2.30. The van der Waals surface area contributed by atoms with Gasteiger partial charge in [-0.25, -0.2) is 16.8 Å². The maximum atomic E-state index is 12.8. The second-order valence-electron chi connectivity index (χ2n) is 6.57. The van der Waals surface area contributed by atoms with Crippen LogP contribution in [-0.4, -0.2) is 34.0 Å². The molecule has 10 heteroatoms. The van der Waals surface area contributed by atoms with Crippen molar-refractivity contribution in [3.8, 4) is 0 Å². The molecule has 2 aromatic rings. The second-order valence-corrected chi connectivity index (χ2v) is 10.6. The first-order valence-corrected chi connectivity index (χ1v) is 11.6. The molecule has 2 N–H and O–H groups in total. The molecule has 0 aliphatic rings. The van der Waals surface area contributed by atoms with Crippen LogP contribution in [0.3, 0.4) is 0 Å². The quantitative estimate of drug-likeness (QED) is 0.676. The minimum absolute atomic E-state index is 0.0392. The number of halogens is 1. The number of sulfone groups is 1. The normalized spacial score (nSPS) is 13.5. The van der Waals surface area contributed by atoms with Gasteiger partial charge in [-0.2, -0.15) is 4.72 Å². The third-order valence-corrected chi connectivity index (χ3v) is 7.70. The van der Waals surface area contributed by atoms with E-state index in [9.17, 15) is 26.7 Å². The standard InChI is InChI=1S/C18H20ClNO6S2/c1-11(2)17(18(21)22)20-28(25,26)16-10-15(7-4-12(16)3)27(23,24)14-8-5-13(19)6-9-14/h4-11,17,20H,1-3H3,(H,21,22)/t17-/m1/s1. The number of carboxylic acid groups (broad SMARTS) is 1. The maximum absolute atomic E-state index is 12.8. The average molecular weight is 446 g/mol. The zero-order chi connectivity index (χ0) is 21.3. The molecular formula is C18H20ClNO6S2. The highest BCUT2D eigenvalue weighted by Crippen LogP contribution is 2.26. The lowest BCUT2D eigenvalue weighted by Crippen LogP contribution is -2.44. The summed E-state index contributed by atoms with van der Waals surface area (Å²) in [7, 11) is -8.25. The number of sulfonamides is 1. The van der Waals surface area contributed by atoms with E-state index in [1.807, 2.05) is 0 Å². The van der Waals surface area contributed by atoms with Crippen LogP contribution in [0.4, 0.5) is 0 Å².